The number of fused-ring (bicyclic) bond motifs is 1. The first-order valence-corrected chi connectivity index (χ1v) is 8.30. The molecule has 0 saturated carbocycles. The zero-order chi connectivity index (χ0) is 19.6. The average molecular weight is 401 g/mol. The maximum atomic E-state index is 14.2. The predicted molar refractivity (Wildman–Crippen MR) is 96.8 cm³/mol. The lowest BCUT2D eigenvalue weighted by Crippen LogP contribution is -2.44. The van der Waals surface area contributed by atoms with Gasteiger partial charge in [0.25, 0.3) is 0 Å². The molecule has 2 unspecified atom stereocenters. The second-order valence-corrected chi connectivity index (χ2v) is 6.11. The lowest BCUT2D eigenvalue weighted by molar-refractivity contribution is 0.201. The molecule has 0 saturated heterocycles. The Morgan fingerprint density at radius 2 is 2.19 bits per heavy atom. The smallest absolute Gasteiger partial charge is 0.219 e. The molecule has 1 aliphatic carbocycles. The quantitative estimate of drug-likeness (QED) is 0.486. The van der Waals surface area contributed by atoms with Gasteiger partial charge >= 0.3 is 0 Å². The Labute approximate surface area is 157 Å². The highest BCUT2D eigenvalue weighted by Crippen LogP contribution is 2.30. The van der Waals surface area contributed by atoms with Crippen LogP contribution >= 0.6 is 11.6 Å². The zero-order valence-corrected chi connectivity index (χ0v) is 14.6. The van der Waals surface area contributed by atoms with Crippen molar-refractivity contribution in [2.24, 2.45) is 15.7 Å². The Bertz CT molecular complexity index is 870. The molecule has 7 nitrogen and oxygen atoms in total. The van der Waals surface area contributed by atoms with Gasteiger partial charge in [0.05, 0.1) is 17.3 Å². The number of nitrogens with one attached hydrogen (secondary N) is 3. The summed E-state index contributed by atoms with van der Waals surface area (Å²) in [5, 5.41) is 14.8. The fourth-order valence-electron chi connectivity index (χ4n) is 2.64. The van der Waals surface area contributed by atoms with Gasteiger partial charge in [0.1, 0.15) is 23.5 Å². The van der Waals surface area contributed by atoms with E-state index < -0.39 is 23.9 Å². The topological polar surface area (TPSA) is 107 Å². The molecular weight excluding hydrogens is 385 g/mol. The number of nitrogens with zero attached hydrogens (tertiary/aromatic N) is 2. The molecule has 144 valence electrons. The van der Waals surface area contributed by atoms with E-state index in [9.17, 15) is 18.4 Å². The number of nitrogens with two attached hydrogens (primary N) is 1. The van der Waals surface area contributed by atoms with Crippen LogP contribution in [0, 0.1) is 5.82 Å². The van der Waals surface area contributed by atoms with Gasteiger partial charge in [-0.1, -0.05) is 11.6 Å². The van der Waals surface area contributed by atoms with E-state index in [4.69, 9.17) is 17.3 Å². The standard InChI is InChI=1S/C16H16ClF3N6O/c17-9-5-7(1-2-10(9)18)23-15(26-27)8-6-11(19)12(20)14-13(8)24-16(25-14)22-4-3-21/h1-2,5-6,12,14,23,26-27H,3-4,21H2,(H,22,25). The fraction of sp³-hybridized carbons (Fsp3) is 0.250. The van der Waals surface area contributed by atoms with Crippen molar-refractivity contribution >= 4 is 29.0 Å². The van der Waals surface area contributed by atoms with Crippen LogP contribution in [0.2, 0.25) is 5.02 Å². The summed E-state index contributed by atoms with van der Waals surface area (Å²) in [7, 11) is 0. The molecule has 0 amide bonds. The van der Waals surface area contributed by atoms with Gasteiger partial charge in [0.2, 0.25) is 5.96 Å². The van der Waals surface area contributed by atoms with Crippen molar-refractivity contribution in [1.29, 1.82) is 0 Å². The number of rotatable bonds is 5. The van der Waals surface area contributed by atoms with Crippen molar-refractivity contribution in [3.63, 3.8) is 0 Å². The number of anilines is 1. The minimum atomic E-state index is -1.96. The first-order valence-electron chi connectivity index (χ1n) is 7.92. The number of halogens is 4. The molecule has 3 rings (SSSR count). The number of allylic oxidation sites excluding steroid dienone is 1. The summed E-state index contributed by atoms with van der Waals surface area (Å²) < 4.78 is 41.6. The van der Waals surface area contributed by atoms with Crippen molar-refractivity contribution in [3.8, 4) is 0 Å². The number of alkyl halides is 1. The van der Waals surface area contributed by atoms with E-state index in [0.717, 1.165) is 12.1 Å². The number of benzene rings is 1. The lowest BCUT2D eigenvalue weighted by Gasteiger charge is -2.24. The number of hydrogen-bond donors (Lipinski definition) is 5. The van der Waals surface area contributed by atoms with Crippen molar-refractivity contribution in [2.45, 2.75) is 12.2 Å². The Morgan fingerprint density at radius 3 is 2.85 bits per heavy atom. The summed E-state index contributed by atoms with van der Waals surface area (Å²) in [5.74, 6) is -1.65. The Hall–Kier alpha value is -2.56. The minimum absolute atomic E-state index is 0.0693. The molecule has 2 aliphatic rings. The van der Waals surface area contributed by atoms with Gasteiger partial charge in [0.15, 0.2) is 6.17 Å². The van der Waals surface area contributed by atoms with Gasteiger partial charge < -0.3 is 16.4 Å². The molecule has 0 bridgehead atoms. The Morgan fingerprint density at radius 1 is 1.41 bits per heavy atom. The molecule has 2 atom stereocenters. The normalized spacial score (nSPS) is 24.7. The third-order valence-corrected chi connectivity index (χ3v) is 4.17. The monoisotopic (exact) mass is 400 g/mol. The van der Waals surface area contributed by atoms with Crippen LogP contribution in [-0.4, -0.2) is 42.2 Å². The van der Waals surface area contributed by atoms with Gasteiger partial charge in [-0.05, 0) is 24.3 Å². The minimum Gasteiger partial charge on any atom is -0.343 e. The first-order chi connectivity index (χ1) is 12.9. The second kappa shape index (κ2) is 7.99. The molecule has 11 heteroatoms. The Kier molecular flexibility index (Phi) is 5.68. The Balaban J connectivity index is 2.02. The van der Waals surface area contributed by atoms with Crippen LogP contribution in [0.5, 0.6) is 0 Å². The molecule has 0 radical (unpaired) electrons. The molecule has 1 heterocycles. The fourth-order valence-corrected chi connectivity index (χ4v) is 2.82. The summed E-state index contributed by atoms with van der Waals surface area (Å²) in [6.07, 6.45) is -1.05. The van der Waals surface area contributed by atoms with Crippen molar-refractivity contribution in [1.82, 2.24) is 10.8 Å². The van der Waals surface area contributed by atoms with Gasteiger partial charge in [-0.3, -0.25) is 15.7 Å². The third-order valence-electron chi connectivity index (χ3n) is 3.88. The highest BCUT2D eigenvalue weighted by atomic mass is 35.5. The number of hydroxylamine groups is 1. The second-order valence-electron chi connectivity index (χ2n) is 5.70. The maximum absolute atomic E-state index is 14.2. The lowest BCUT2D eigenvalue weighted by atomic mass is 9.92. The van der Waals surface area contributed by atoms with Crippen LogP contribution in [0.25, 0.3) is 0 Å². The van der Waals surface area contributed by atoms with Gasteiger partial charge in [-0.25, -0.2) is 18.2 Å². The number of aliphatic imine (C=N–C) groups is 2. The molecule has 1 aromatic carbocycles. The van der Waals surface area contributed by atoms with E-state index in [2.05, 4.69) is 20.6 Å². The molecule has 0 fully saturated rings. The van der Waals surface area contributed by atoms with Crippen LogP contribution in [0.15, 0.2) is 51.5 Å². The largest absolute Gasteiger partial charge is 0.343 e. The van der Waals surface area contributed by atoms with Gasteiger partial charge in [-0.2, -0.15) is 0 Å². The van der Waals surface area contributed by atoms with Crippen molar-refractivity contribution < 1.29 is 18.4 Å². The van der Waals surface area contributed by atoms with E-state index in [1.165, 1.54) is 12.1 Å². The van der Waals surface area contributed by atoms with E-state index in [1.54, 1.807) is 0 Å². The highest BCUT2D eigenvalue weighted by molar-refractivity contribution is 6.31. The van der Waals surface area contributed by atoms with E-state index in [0.29, 0.717) is 5.69 Å². The van der Waals surface area contributed by atoms with Crippen LogP contribution in [-0.2, 0) is 0 Å². The first kappa shape index (κ1) is 19.2. The van der Waals surface area contributed by atoms with Crippen molar-refractivity contribution in [3.05, 3.63) is 52.3 Å². The molecule has 0 aromatic heterocycles. The molecular formula is C16H16ClF3N6O. The summed E-state index contributed by atoms with van der Waals surface area (Å²) in [4.78, 5) is 8.22. The average Bonchev–Trinajstić information content (AvgIpc) is 3.08. The summed E-state index contributed by atoms with van der Waals surface area (Å²) >= 11 is 5.73. The molecule has 27 heavy (non-hydrogen) atoms. The van der Waals surface area contributed by atoms with Crippen LogP contribution in [0.4, 0.5) is 18.9 Å². The van der Waals surface area contributed by atoms with Crippen LogP contribution in [0.3, 0.4) is 0 Å². The van der Waals surface area contributed by atoms with E-state index in [-0.39, 0.29) is 41.2 Å². The summed E-state index contributed by atoms with van der Waals surface area (Å²) in [6.45, 7) is 0.528. The third kappa shape index (κ3) is 3.92. The van der Waals surface area contributed by atoms with Crippen molar-refractivity contribution in [2.75, 3.05) is 18.4 Å². The number of guanidine groups is 1. The molecule has 0 spiro atoms. The number of hydrogen-bond acceptors (Lipinski definition) is 5. The maximum Gasteiger partial charge on any atom is 0.219 e. The van der Waals surface area contributed by atoms with Gasteiger partial charge in [0, 0.05) is 17.8 Å². The van der Waals surface area contributed by atoms with E-state index in [1.807, 2.05) is 5.48 Å². The SMILES string of the molecule is NCCN=C1N=C2C(=C(NO)Nc3ccc(F)c(Cl)c3)C=C(F)C(F)C2N1. The zero-order valence-electron chi connectivity index (χ0n) is 13.8. The predicted octanol–water partition coefficient (Wildman–Crippen LogP) is 2.01. The molecule has 1 aliphatic heterocycles. The van der Waals surface area contributed by atoms with E-state index >= 15 is 0 Å². The highest BCUT2D eigenvalue weighted by Gasteiger charge is 2.41. The van der Waals surface area contributed by atoms with Crippen LogP contribution < -0.4 is 21.8 Å². The molecule has 1 aromatic rings. The summed E-state index contributed by atoms with van der Waals surface area (Å²) in [5.41, 5.74) is 7.78. The van der Waals surface area contributed by atoms with Gasteiger partial charge in [-0.15, -0.1) is 0 Å². The van der Waals surface area contributed by atoms with Crippen LogP contribution in [0.1, 0.15) is 0 Å². The molecule has 6 N–H and O–H groups in total. The summed E-state index contributed by atoms with van der Waals surface area (Å²) in [6, 6.07) is 2.65.